The van der Waals surface area contributed by atoms with Gasteiger partial charge in [0.2, 0.25) is 58.8 Å². The lowest BCUT2D eigenvalue weighted by Crippen LogP contribution is -2.58. The number of benzene rings is 3. The van der Waals surface area contributed by atoms with E-state index in [1.54, 1.807) is 78.2 Å². The molecule has 0 bridgehead atoms. The summed E-state index contributed by atoms with van der Waals surface area (Å²) >= 11 is 1.47. The molecule has 14 N–H and O–H groups in total. The fourth-order valence-corrected chi connectivity index (χ4v) is 13.7. The number of para-hydroxylation sites is 1. The summed E-state index contributed by atoms with van der Waals surface area (Å²) in [4.78, 5) is 165. The minimum Gasteiger partial charge on any atom is -0.457 e. The molecule has 0 spiro atoms. The van der Waals surface area contributed by atoms with Crippen LogP contribution in [0.2, 0.25) is 0 Å². The number of primary amides is 2. The molecule has 2 aromatic heterocycles. The van der Waals surface area contributed by atoms with Crippen LogP contribution in [0.5, 0.6) is 0 Å². The summed E-state index contributed by atoms with van der Waals surface area (Å²) in [6, 6.07) is 22.2. The summed E-state index contributed by atoms with van der Waals surface area (Å²) < 4.78 is 18.1. The minimum atomic E-state index is -1.93. The Labute approximate surface area is 591 Å². The van der Waals surface area contributed by atoms with Crippen molar-refractivity contribution < 1.29 is 67.0 Å². The normalized spacial score (nSPS) is 15.4. The third kappa shape index (κ3) is 23.0. The molecular formula is C69H89N13O15S3. The SMILES string of the molecule is CC[C@]1(OC(=O)OCCSSC[C@H](N)C(=O)NCCCCCC(=O)NCN[C@@H](CCC(N)=O)C(=O)N[C@@H](Cc2ccccc2)C(=O)N[C@@H](Cc2ccccc2)C(=O)NCC(=O)N[C@@H](CC(C)C)C(=O)N[C@@H](CCSC)C(N)=O)C(=O)OCc2c1cc1n(c2=O)Cc2cc3ccccc3nc2-1. The third-order valence-electron chi connectivity index (χ3n) is 16.6. The van der Waals surface area contributed by atoms with Crippen molar-refractivity contribution in [1.82, 2.24) is 52.1 Å². The maximum atomic E-state index is 14.4. The summed E-state index contributed by atoms with van der Waals surface area (Å²) in [5, 5.41) is 22.7. The van der Waals surface area contributed by atoms with E-state index in [2.05, 4.69) is 42.5 Å². The number of nitrogens with zero attached hydrogens (tertiary/aromatic N) is 2. The molecule has 0 saturated heterocycles. The number of esters is 1. The van der Waals surface area contributed by atoms with E-state index in [1.807, 2.05) is 50.4 Å². The Hall–Kier alpha value is -9.04. The first kappa shape index (κ1) is 78.3. The van der Waals surface area contributed by atoms with E-state index in [0.717, 1.165) is 16.5 Å². The number of amides is 9. The summed E-state index contributed by atoms with van der Waals surface area (Å²) in [5.74, 6) is -5.52. The average Bonchev–Trinajstić information content (AvgIpc) is 1.42. The highest BCUT2D eigenvalue weighted by Crippen LogP contribution is 2.41. The van der Waals surface area contributed by atoms with Gasteiger partial charge in [0.1, 0.15) is 37.4 Å². The monoisotopic (exact) mass is 1440 g/mol. The number of rotatable bonds is 41. The number of hydrogen-bond donors (Lipinski definition) is 11. The van der Waals surface area contributed by atoms with Gasteiger partial charge in [-0.3, -0.25) is 53.3 Å². The largest absolute Gasteiger partial charge is 0.509 e. The first-order valence-corrected chi connectivity index (χ1v) is 37.0. The second-order valence-electron chi connectivity index (χ2n) is 24.5. The number of fused-ring (bicyclic) bond motifs is 5. The molecule has 0 aliphatic carbocycles. The number of unbranched alkanes of at least 4 members (excludes halogenated alkanes) is 2. The van der Waals surface area contributed by atoms with Crippen LogP contribution in [0.1, 0.15) is 106 Å². The van der Waals surface area contributed by atoms with Crippen LogP contribution in [0, 0.1) is 5.92 Å². The van der Waals surface area contributed by atoms with E-state index < -0.39 is 102 Å². The molecule has 0 saturated carbocycles. The fourth-order valence-electron chi connectivity index (χ4n) is 11.3. The smallest absolute Gasteiger partial charge is 0.457 e. The minimum absolute atomic E-state index is 0.0300. The number of aromatic nitrogens is 2. The maximum Gasteiger partial charge on any atom is 0.509 e. The molecule has 4 heterocycles. The Kier molecular flexibility index (Phi) is 30.6. The molecule has 0 fully saturated rings. The topological polar surface area (TPSA) is 425 Å². The van der Waals surface area contributed by atoms with E-state index >= 15 is 0 Å². The molecule has 538 valence electrons. The van der Waals surface area contributed by atoms with Crippen molar-refractivity contribution in [3.63, 3.8) is 0 Å². The number of ether oxygens (including phenoxy) is 3. The van der Waals surface area contributed by atoms with Gasteiger partial charge in [0.15, 0.2) is 0 Å². The molecule has 7 rings (SSSR count). The van der Waals surface area contributed by atoms with Gasteiger partial charge >= 0.3 is 12.1 Å². The van der Waals surface area contributed by atoms with Crippen LogP contribution in [0.15, 0.2) is 102 Å². The number of nitrogens with two attached hydrogens (primary N) is 3. The number of thioether (sulfide) groups is 1. The molecule has 100 heavy (non-hydrogen) atoms. The molecule has 7 atom stereocenters. The summed E-state index contributed by atoms with van der Waals surface area (Å²) in [6.45, 7) is 4.74. The van der Waals surface area contributed by atoms with Gasteiger partial charge < -0.3 is 73.2 Å². The highest BCUT2D eigenvalue weighted by Gasteiger charge is 2.51. The van der Waals surface area contributed by atoms with E-state index in [-0.39, 0.29) is 124 Å². The van der Waals surface area contributed by atoms with Gasteiger partial charge in [0.05, 0.1) is 54.3 Å². The van der Waals surface area contributed by atoms with E-state index in [4.69, 9.17) is 36.4 Å². The fraction of sp³-hybridized carbons (Fsp3) is 0.464. The Morgan fingerprint density at radius 3 is 2.00 bits per heavy atom. The molecule has 3 aromatic carbocycles. The molecular weight excluding hydrogens is 1350 g/mol. The first-order valence-electron chi connectivity index (χ1n) is 33.1. The zero-order valence-corrected chi connectivity index (χ0v) is 58.8. The predicted molar refractivity (Wildman–Crippen MR) is 380 cm³/mol. The van der Waals surface area contributed by atoms with Gasteiger partial charge in [-0.25, -0.2) is 14.6 Å². The zero-order valence-electron chi connectivity index (χ0n) is 56.4. The maximum absolute atomic E-state index is 14.4. The van der Waals surface area contributed by atoms with Gasteiger partial charge in [-0.15, -0.1) is 0 Å². The number of nitrogens with one attached hydrogen (secondary N) is 8. The number of pyridine rings is 2. The highest BCUT2D eigenvalue weighted by molar-refractivity contribution is 8.76. The van der Waals surface area contributed by atoms with Gasteiger partial charge in [-0.1, -0.05) is 128 Å². The number of carbonyl (C=O) groups is 11. The molecule has 31 heteroatoms. The number of hydrogen-bond acceptors (Lipinski definition) is 21. The van der Waals surface area contributed by atoms with Gasteiger partial charge in [0, 0.05) is 60.2 Å². The van der Waals surface area contributed by atoms with Crippen LogP contribution < -0.4 is 65.3 Å². The van der Waals surface area contributed by atoms with Gasteiger partial charge in [-0.05, 0) is 85.8 Å². The molecule has 0 radical (unpaired) electrons. The Bertz CT molecular complexity index is 3780. The van der Waals surface area contributed by atoms with Crippen molar-refractivity contribution >= 4 is 110 Å². The summed E-state index contributed by atoms with van der Waals surface area (Å²) in [7, 11) is 2.60. The Morgan fingerprint density at radius 1 is 0.690 bits per heavy atom. The molecule has 0 unspecified atom stereocenters. The second kappa shape index (κ2) is 39.1. The third-order valence-corrected chi connectivity index (χ3v) is 19.6. The van der Waals surface area contributed by atoms with E-state index in [9.17, 15) is 57.5 Å². The number of carbonyl (C=O) groups excluding carboxylic acids is 11. The van der Waals surface area contributed by atoms with Crippen molar-refractivity contribution in [2.24, 2.45) is 23.1 Å². The van der Waals surface area contributed by atoms with Crippen LogP contribution >= 0.6 is 33.3 Å². The van der Waals surface area contributed by atoms with Crippen LogP contribution in [0.4, 0.5) is 4.79 Å². The lowest BCUT2D eigenvalue weighted by atomic mass is 9.85. The first-order chi connectivity index (χ1) is 48.0. The van der Waals surface area contributed by atoms with Crippen molar-refractivity contribution in [2.45, 2.75) is 146 Å². The summed E-state index contributed by atoms with van der Waals surface area (Å²) in [5.41, 5.74) is 19.3. The van der Waals surface area contributed by atoms with Crippen molar-refractivity contribution in [3.8, 4) is 11.4 Å². The Balaban J connectivity index is 0.822. The van der Waals surface area contributed by atoms with Crippen LogP contribution in [-0.2, 0) is 93.8 Å². The lowest BCUT2D eigenvalue weighted by molar-refractivity contribution is -0.175. The second-order valence-corrected chi connectivity index (χ2v) is 28.1. The van der Waals surface area contributed by atoms with E-state index in [0.29, 0.717) is 54.1 Å². The lowest BCUT2D eigenvalue weighted by Gasteiger charge is -2.35. The summed E-state index contributed by atoms with van der Waals surface area (Å²) in [6.07, 6.45) is 2.43. The van der Waals surface area contributed by atoms with Crippen molar-refractivity contribution in [1.29, 1.82) is 0 Å². The van der Waals surface area contributed by atoms with Crippen LogP contribution in [0.3, 0.4) is 0 Å². The van der Waals surface area contributed by atoms with E-state index in [1.165, 1.54) is 33.3 Å². The van der Waals surface area contributed by atoms with Crippen LogP contribution in [0.25, 0.3) is 22.3 Å². The van der Waals surface area contributed by atoms with Gasteiger partial charge in [-0.2, -0.15) is 11.8 Å². The number of cyclic esters (lactones) is 1. The standard InChI is InChI=1S/C69H89N13O15S3/c1-5-69(47-35-55-59-45(34-44-21-14-15-22-49(44)78-59)37-82(55)66(92)46(47)38-96-67(69)93)97-68(94)95-28-30-99-100-39-48(70)61(87)73-27-16-8-13-23-57(84)76-40-75-51(24-25-56(71)83)63(89)81-54(33-43-19-11-7-12-20-43)65(91)80-53(32-42-17-9-6-10-18-42)62(88)74-36-58(85)77-52(31-41(2)3)64(90)79-50(60(72)86)26-29-98-4/h6-7,9-12,14-15,17-22,34-35,41,48,50-54,75H,5,8,13,16,23-33,36-40,70H2,1-4H3,(H2,71,83)(H2,72,86)(H,73,87)(H,74,88)(H,76,84)(H,77,85)(H,79,90)(H,80,91)(H,81,89)/t48-,50-,51-,52-,53-,54-,69+/m0/s1. The highest BCUT2D eigenvalue weighted by atomic mass is 33.1. The van der Waals surface area contributed by atoms with Crippen LogP contribution in [-0.4, -0.2) is 161 Å². The molecule has 2 aliphatic heterocycles. The molecule has 5 aromatic rings. The van der Waals surface area contributed by atoms with Crippen molar-refractivity contribution in [3.05, 3.63) is 135 Å². The molecule has 2 aliphatic rings. The van der Waals surface area contributed by atoms with Gasteiger partial charge in [0.25, 0.3) is 5.56 Å². The molecule has 28 nitrogen and oxygen atoms in total. The Morgan fingerprint density at radius 2 is 1.34 bits per heavy atom. The molecule has 9 amide bonds. The van der Waals surface area contributed by atoms with Crippen molar-refractivity contribution in [2.75, 3.05) is 49.9 Å². The zero-order chi connectivity index (χ0) is 72.3. The average molecular weight is 1440 g/mol. The quantitative estimate of drug-likeness (QED) is 0.0114. The predicted octanol–water partition coefficient (Wildman–Crippen LogP) is 2.75.